The summed E-state index contributed by atoms with van der Waals surface area (Å²) >= 11 is 0. The number of nitrogens with one attached hydrogen (secondary N) is 1. The first kappa shape index (κ1) is 16.0. The Morgan fingerprint density at radius 2 is 2.25 bits per heavy atom. The first-order chi connectivity index (χ1) is 11.8. The maximum Gasteiger partial charge on any atom is 0.322 e. The number of carbonyl (C=O) groups excluding carboxylic acids is 1. The standard InChI is InChI=1S/C17H20N4O3/c1-2-23-16-15(6-4-9-19-16)20-17(22)21-10-7-14(12-21)24-13-5-3-8-18-11-13/h3-6,8-9,11,14H,2,7,10,12H2,1H3,(H,20,22). The lowest BCUT2D eigenvalue weighted by Gasteiger charge is -2.18. The van der Waals surface area contributed by atoms with Crippen molar-refractivity contribution in [3.8, 4) is 11.6 Å². The zero-order valence-corrected chi connectivity index (χ0v) is 13.5. The van der Waals surface area contributed by atoms with Crippen LogP contribution in [0.25, 0.3) is 0 Å². The van der Waals surface area contributed by atoms with Crippen LogP contribution in [-0.4, -0.2) is 46.7 Å². The molecule has 2 aromatic heterocycles. The maximum atomic E-state index is 12.4. The summed E-state index contributed by atoms with van der Waals surface area (Å²) in [4.78, 5) is 22.3. The Bertz CT molecular complexity index is 681. The summed E-state index contributed by atoms with van der Waals surface area (Å²) in [5.74, 6) is 1.14. The molecule has 126 valence electrons. The van der Waals surface area contributed by atoms with Gasteiger partial charge < -0.3 is 19.7 Å². The van der Waals surface area contributed by atoms with Crippen molar-refractivity contribution in [2.24, 2.45) is 0 Å². The van der Waals surface area contributed by atoms with E-state index in [9.17, 15) is 4.79 Å². The summed E-state index contributed by atoms with van der Waals surface area (Å²) in [5.41, 5.74) is 0.570. The maximum absolute atomic E-state index is 12.4. The number of hydrogen-bond acceptors (Lipinski definition) is 5. The van der Waals surface area contributed by atoms with Gasteiger partial charge in [0.05, 0.1) is 19.3 Å². The number of carbonyl (C=O) groups is 1. The van der Waals surface area contributed by atoms with E-state index < -0.39 is 0 Å². The van der Waals surface area contributed by atoms with E-state index in [1.165, 1.54) is 0 Å². The van der Waals surface area contributed by atoms with Gasteiger partial charge in [-0.05, 0) is 31.2 Å². The molecule has 7 nitrogen and oxygen atoms in total. The molecule has 1 atom stereocenters. The first-order valence-corrected chi connectivity index (χ1v) is 7.96. The topological polar surface area (TPSA) is 76.6 Å². The minimum absolute atomic E-state index is 0.0276. The highest BCUT2D eigenvalue weighted by atomic mass is 16.5. The van der Waals surface area contributed by atoms with Gasteiger partial charge in [0.2, 0.25) is 5.88 Å². The fourth-order valence-electron chi connectivity index (χ4n) is 2.55. The number of ether oxygens (including phenoxy) is 2. The number of rotatable bonds is 5. The molecule has 0 saturated carbocycles. The lowest BCUT2D eigenvalue weighted by atomic mass is 10.3. The Kier molecular flexibility index (Phi) is 5.10. The van der Waals surface area contributed by atoms with Gasteiger partial charge in [0.15, 0.2) is 0 Å². The van der Waals surface area contributed by atoms with Crippen molar-refractivity contribution in [3.05, 3.63) is 42.9 Å². The van der Waals surface area contributed by atoms with Gasteiger partial charge in [-0.1, -0.05) is 0 Å². The second kappa shape index (κ2) is 7.63. The molecule has 1 N–H and O–H groups in total. The van der Waals surface area contributed by atoms with Gasteiger partial charge in [0.1, 0.15) is 17.5 Å². The SMILES string of the molecule is CCOc1ncccc1NC(=O)N1CCC(Oc2cccnc2)C1. The lowest BCUT2D eigenvalue weighted by molar-refractivity contribution is 0.194. The Labute approximate surface area is 140 Å². The average molecular weight is 328 g/mol. The zero-order valence-electron chi connectivity index (χ0n) is 13.5. The second-order valence-corrected chi connectivity index (χ2v) is 5.38. The van der Waals surface area contributed by atoms with Crippen LogP contribution in [0.15, 0.2) is 42.9 Å². The van der Waals surface area contributed by atoms with Crippen LogP contribution in [0.5, 0.6) is 11.6 Å². The quantitative estimate of drug-likeness (QED) is 0.913. The predicted octanol–water partition coefficient (Wildman–Crippen LogP) is 2.56. The number of amides is 2. The van der Waals surface area contributed by atoms with Crippen LogP contribution in [0.2, 0.25) is 0 Å². The molecule has 0 spiro atoms. The van der Waals surface area contributed by atoms with Crippen molar-refractivity contribution < 1.29 is 14.3 Å². The van der Waals surface area contributed by atoms with E-state index in [0.29, 0.717) is 31.3 Å². The molecule has 1 fully saturated rings. The third-order valence-electron chi connectivity index (χ3n) is 3.66. The predicted molar refractivity (Wildman–Crippen MR) is 89.3 cm³/mol. The molecule has 2 aromatic rings. The molecule has 24 heavy (non-hydrogen) atoms. The summed E-state index contributed by atoms with van der Waals surface area (Å²) in [5, 5.41) is 2.85. The first-order valence-electron chi connectivity index (χ1n) is 7.96. The van der Waals surface area contributed by atoms with E-state index >= 15 is 0 Å². The highest BCUT2D eigenvalue weighted by Crippen LogP contribution is 2.22. The normalized spacial score (nSPS) is 16.7. The molecule has 0 aromatic carbocycles. The lowest BCUT2D eigenvalue weighted by Crippen LogP contribution is -2.34. The van der Waals surface area contributed by atoms with Gasteiger partial charge in [-0.25, -0.2) is 9.78 Å². The molecule has 3 rings (SSSR count). The molecule has 0 aliphatic carbocycles. The fraction of sp³-hybridized carbons (Fsp3) is 0.353. The van der Waals surface area contributed by atoms with E-state index in [-0.39, 0.29) is 12.1 Å². The van der Waals surface area contributed by atoms with Gasteiger partial charge in [-0.3, -0.25) is 4.98 Å². The van der Waals surface area contributed by atoms with Crippen molar-refractivity contribution >= 4 is 11.7 Å². The molecule has 1 saturated heterocycles. The van der Waals surface area contributed by atoms with E-state index in [1.54, 1.807) is 35.6 Å². The van der Waals surface area contributed by atoms with Crippen LogP contribution < -0.4 is 14.8 Å². The highest BCUT2D eigenvalue weighted by Gasteiger charge is 2.28. The van der Waals surface area contributed by atoms with Crippen LogP contribution in [0.4, 0.5) is 10.5 Å². The summed E-state index contributed by atoms with van der Waals surface area (Å²) in [7, 11) is 0. The fourth-order valence-corrected chi connectivity index (χ4v) is 2.55. The molecule has 1 aliphatic rings. The molecule has 2 amide bonds. The molecule has 1 unspecified atom stereocenters. The van der Waals surface area contributed by atoms with E-state index in [0.717, 1.165) is 12.2 Å². The number of aromatic nitrogens is 2. The van der Waals surface area contributed by atoms with Crippen molar-refractivity contribution in [1.29, 1.82) is 0 Å². The molecule has 3 heterocycles. The zero-order chi connectivity index (χ0) is 16.8. The third kappa shape index (κ3) is 3.92. The van der Waals surface area contributed by atoms with Crippen LogP contribution in [0, 0.1) is 0 Å². The van der Waals surface area contributed by atoms with Crippen LogP contribution in [-0.2, 0) is 0 Å². The van der Waals surface area contributed by atoms with E-state index in [4.69, 9.17) is 9.47 Å². The van der Waals surface area contributed by atoms with Crippen LogP contribution in [0.1, 0.15) is 13.3 Å². The second-order valence-electron chi connectivity index (χ2n) is 5.38. The molecular weight excluding hydrogens is 308 g/mol. The average Bonchev–Trinajstić information content (AvgIpc) is 3.06. The van der Waals surface area contributed by atoms with Crippen LogP contribution >= 0.6 is 0 Å². The Morgan fingerprint density at radius 3 is 3.04 bits per heavy atom. The third-order valence-corrected chi connectivity index (χ3v) is 3.66. The molecule has 0 bridgehead atoms. The Balaban J connectivity index is 1.57. The number of urea groups is 1. The number of pyridine rings is 2. The van der Waals surface area contributed by atoms with E-state index in [2.05, 4.69) is 15.3 Å². The summed E-state index contributed by atoms with van der Waals surface area (Å²) in [6, 6.07) is 7.04. The number of likely N-dealkylation sites (tertiary alicyclic amines) is 1. The van der Waals surface area contributed by atoms with Crippen molar-refractivity contribution in [2.75, 3.05) is 25.0 Å². The van der Waals surface area contributed by atoms with Crippen LogP contribution in [0.3, 0.4) is 0 Å². The number of anilines is 1. The minimum Gasteiger partial charge on any atom is -0.487 e. The molecule has 0 radical (unpaired) electrons. The molecular formula is C17H20N4O3. The van der Waals surface area contributed by atoms with Crippen molar-refractivity contribution in [1.82, 2.24) is 14.9 Å². The summed E-state index contributed by atoms with van der Waals surface area (Å²) in [6.07, 6.45) is 5.76. The summed E-state index contributed by atoms with van der Waals surface area (Å²) in [6.45, 7) is 3.54. The largest absolute Gasteiger partial charge is 0.487 e. The Hall–Kier alpha value is -2.83. The molecule has 7 heteroatoms. The monoisotopic (exact) mass is 328 g/mol. The number of nitrogens with zero attached hydrogens (tertiary/aromatic N) is 3. The van der Waals surface area contributed by atoms with Gasteiger partial charge in [0.25, 0.3) is 0 Å². The van der Waals surface area contributed by atoms with Crippen molar-refractivity contribution in [3.63, 3.8) is 0 Å². The van der Waals surface area contributed by atoms with Gasteiger partial charge in [-0.15, -0.1) is 0 Å². The summed E-state index contributed by atoms with van der Waals surface area (Å²) < 4.78 is 11.3. The van der Waals surface area contributed by atoms with E-state index in [1.807, 2.05) is 19.1 Å². The van der Waals surface area contributed by atoms with Gasteiger partial charge in [-0.2, -0.15) is 0 Å². The Morgan fingerprint density at radius 1 is 1.38 bits per heavy atom. The van der Waals surface area contributed by atoms with Gasteiger partial charge >= 0.3 is 6.03 Å². The molecule has 1 aliphatic heterocycles. The number of hydrogen-bond donors (Lipinski definition) is 1. The van der Waals surface area contributed by atoms with Crippen molar-refractivity contribution in [2.45, 2.75) is 19.4 Å². The minimum atomic E-state index is -0.179. The highest BCUT2D eigenvalue weighted by molar-refractivity contribution is 5.90. The smallest absolute Gasteiger partial charge is 0.322 e. The van der Waals surface area contributed by atoms with Gasteiger partial charge in [0, 0.05) is 25.4 Å².